The van der Waals surface area contributed by atoms with Crippen molar-refractivity contribution in [1.82, 2.24) is 19.9 Å². The van der Waals surface area contributed by atoms with Crippen LogP contribution in [-0.2, 0) is 0 Å². The molecule has 2 rings (SSSR count). The highest BCUT2D eigenvalue weighted by Crippen LogP contribution is 2.17. The van der Waals surface area contributed by atoms with Crippen molar-refractivity contribution >= 4 is 33.6 Å². The van der Waals surface area contributed by atoms with Crippen LogP contribution in [-0.4, -0.2) is 39.9 Å². The molecule has 0 radical (unpaired) electrons. The van der Waals surface area contributed by atoms with E-state index < -0.39 is 0 Å². The third-order valence-electron chi connectivity index (χ3n) is 2.37. The molecule has 2 heterocycles. The molecule has 0 aliphatic carbocycles. The van der Waals surface area contributed by atoms with Crippen LogP contribution in [0.3, 0.4) is 0 Å². The number of hydrogen-bond donors (Lipinski definition) is 1. The van der Waals surface area contributed by atoms with Gasteiger partial charge in [-0.15, -0.1) is 0 Å². The molecule has 0 atom stereocenters. The van der Waals surface area contributed by atoms with E-state index in [2.05, 4.69) is 41.2 Å². The molecule has 1 amide bonds. The van der Waals surface area contributed by atoms with Crippen LogP contribution in [0.2, 0.25) is 0 Å². The van der Waals surface area contributed by atoms with Gasteiger partial charge in [0.1, 0.15) is 5.69 Å². The van der Waals surface area contributed by atoms with E-state index in [0.717, 1.165) is 5.69 Å². The lowest BCUT2D eigenvalue weighted by molar-refractivity contribution is 0.102. The minimum Gasteiger partial charge on any atom is -0.347 e. The third-order valence-corrected chi connectivity index (χ3v) is 2.95. The van der Waals surface area contributed by atoms with Gasteiger partial charge in [0.05, 0.1) is 22.6 Å². The van der Waals surface area contributed by atoms with Gasteiger partial charge >= 0.3 is 0 Å². The Morgan fingerprint density at radius 3 is 2.55 bits per heavy atom. The second-order valence-electron chi connectivity index (χ2n) is 4.26. The average Bonchev–Trinajstić information content (AvgIpc) is 2.41. The molecule has 0 aliphatic rings. The van der Waals surface area contributed by atoms with Gasteiger partial charge < -0.3 is 10.2 Å². The molecule has 2 aromatic heterocycles. The fraction of sp³-hybridized carbons (Fsp3) is 0.250. The largest absolute Gasteiger partial charge is 0.347 e. The minimum atomic E-state index is -0.375. The molecule has 0 spiro atoms. The van der Waals surface area contributed by atoms with Crippen molar-refractivity contribution in [3.8, 4) is 0 Å². The van der Waals surface area contributed by atoms with Crippen LogP contribution in [0, 0.1) is 6.92 Å². The second-order valence-corrected chi connectivity index (χ2v) is 5.11. The molecule has 0 aromatic carbocycles. The molecule has 0 saturated heterocycles. The lowest BCUT2D eigenvalue weighted by atomic mass is 10.4. The van der Waals surface area contributed by atoms with Gasteiger partial charge in [-0.05, 0) is 22.9 Å². The fourth-order valence-electron chi connectivity index (χ4n) is 1.37. The van der Waals surface area contributed by atoms with E-state index in [1.807, 2.05) is 6.92 Å². The van der Waals surface area contributed by atoms with E-state index in [4.69, 9.17) is 0 Å². The molecular formula is C12H13BrN6O. The maximum Gasteiger partial charge on any atom is 0.276 e. The molecule has 0 bridgehead atoms. The first-order valence-electron chi connectivity index (χ1n) is 5.77. The Balaban J connectivity index is 2.24. The predicted octanol–water partition coefficient (Wildman–Crippen LogP) is 1.66. The van der Waals surface area contributed by atoms with Gasteiger partial charge in [-0.3, -0.25) is 9.78 Å². The van der Waals surface area contributed by atoms with Crippen molar-refractivity contribution in [2.75, 3.05) is 24.3 Å². The fourth-order valence-corrected chi connectivity index (χ4v) is 1.74. The van der Waals surface area contributed by atoms with Crippen LogP contribution in [0.1, 0.15) is 16.2 Å². The summed E-state index contributed by atoms with van der Waals surface area (Å²) in [5, 5.41) is 2.64. The summed E-state index contributed by atoms with van der Waals surface area (Å²) < 4.78 is 0.515. The van der Waals surface area contributed by atoms with Gasteiger partial charge in [0, 0.05) is 20.3 Å². The standard InChI is InChI=1S/C12H13BrN6O/c1-7-4-15-9(6-14-7)17-11(20)10-8(13)5-16-12(18-10)19(2)3/h4-6H,1-3H3,(H,15,17,20). The lowest BCUT2D eigenvalue weighted by Crippen LogP contribution is -2.19. The van der Waals surface area contributed by atoms with Crippen LogP contribution in [0.4, 0.5) is 11.8 Å². The maximum absolute atomic E-state index is 12.2. The van der Waals surface area contributed by atoms with Gasteiger partial charge in [0.2, 0.25) is 5.95 Å². The van der Waals surface area contributed by atoms with Gasteiger partial charge in [-0.2, -0.15) is 0 Å². The first-order chi connectivity index (χ1) is 9.47. The predicted molar refractivity (Wildman–Crippen MR) is 78.8 cm³/mol. The minimum absolute atomic E-state index is 0.242. The van der Waals surface area contributed by atoms with Gasteiger partial charge in [0.15, 0.2) is 5.82 Å². The first-order valence-corrected chi connectivity index (χ1v) is 6.56. The Morgan fingerprint density at radius 1 is 1.20 bits per heavy atom. The summed E-state index contributed by atoms with van der Waals surface area (Å²) in [6, 6.07) is 0. The van der Waals surface area contributed by atoms with Crippen molar-refractivity contribution in [3.05, 3.63) is 34.5 Å². The molecule has 1 N–H and O–H groups in total. The van der Waals surface area contributed by atoms with E-state index in [9.17, 15) is 4.79 Å². The number of hydrogen-bond acceptors (Lipinski definition) is 6. The quantitative estimate of drug-likeness (QED) is 0.917. The topological polar surface area (TPSA) is 83.9 Å². The number of rotatable bonds is 3. The Morgan fingerprint density at radius 2 is 1.95 bits per heavy atom. The summed E-state index contributed by atoms with van der Waals surface area (Å²) in [4.78, 5) is 30.3. The number of halogens is 1. The van der Waals surface area contributed by atoms with Gasteiger partial charge in [-0.1, -0.05) is 0 Å². The zero-order chi connectivity index (χ0) is 14.7. The van der Waals surface area contributed by atoms with Crippen molar-refractivity contribution < 1.29 is 4.79 Å². The van der Waals surface area contributed by atoms with Crippen LogP contribution in [0.15, 0.2) is 23.1 Å². The molecule has 2 aromatic rings. The first kappa shape index (κ1) is 14.3. The molecule has 0 saturated carbocycles. The number of carbonyl (C=O) groups is 1. The monoisotopic (exact) mass is 336 g/mol. The van der Waals surface area contributed by atoms with Crippen molar-refractivity contribution in [2.45, 2.75) is 6.92 Å². The number of nitrogens with zero attached hydrogens (tertiary/aromatic N) is 5. The highest BCUT2D eigenvalue weighted by molar-refractivity contribution is 9.10. The zero-order valence-corrected chi connectivity index (χ0v) is 12.8. The lowest BCUT2D eigenvalue weighted by Gasteiger charge is -2.11. The summed E-state index contributed by atoms with van der Waals surface area (Å²) in [6.07, 6.45) is 4.61. The van der Waals surface area contributed by atoms with Crippen LogP contribution in [0.25, 0.3) is 0 Å². The molecule has 7 nitrogen and oxygen atoms in total. The van der Waals surface area contributed by atoms with E-state index in [0.29, 0.717) is 16.2 Å². The number of amides is 1. The molecule has 8 heteroatoms. The molecule has 104 valence electrons. The number of aryl methyl sites for hydroxylation is 1. The highest BCUT2D eigenvalue weighted by atomic mass is 79.9. The van der Waals surface area contributed by atoms with E-state index in [1.54, 1.807) is 25.2 Å². The molecular weight excluding hydrogens is 324 g/mol. The van der Waals surface area contributed by atoms with Crippen molar-refractivity contribution in [2.24, 2.45) is 0 Å². The van der Waals surface area contributed by atoms with Crippen molar-refractivity contribution in [3.63, 3.8) is 0 Å². The van der Waals surface area contributed by atoms with Crippen LogP contribution < -0.4 is 10.2 Å². The number of carbonyl (C=O) groups excluding carboxylic acids is 1. The highest BCUT2D eigenvalue weighted by Gasteiger charge is 2.15. The maximum atomic E-state index is 12.2. The zero-order valence-electron chi connectivity index (χ0n) is 11.3. The van der Waals surface area contributed by atoms with Crippen LogP contribution >= 0.6 is 15.9 Å². The van der Waals surface area contributed by atoms with E-state index >= 15 is 0 Å². The Bertz CT molecular complexity index is 628. The van der Waals surface area contributed by atoms with E-state index in [-0.39, 0.29) is 11.6 Å². The SMILES string of the molecule is Cc1cnc(NC(=O)c2nc(N(C)C)ncc2Br)cn1. The Kier molecular flexibility index (Phi) is 4.23. The smallest absolute Gasteiger partial charge is 0.276 e. The molecule has 0 aliphatic heterocycles. The Labute approximate surface area is 124 Å². The summed E-state index contributed by atoms with van der Waals surface area (Å²) in [7, 11) is 3.60. The second kappa shape index (κ2) is 5.91. The molecule has 20 heavy (non-hydrogen) atoms. The third kappa shape index (κ3) is 3.27. The summed E-state index contributed by atoms with van der Waals surface area (Å²) in [6.45, 7) is 1.82. The average molecular weight is 337 g/mol. The molecule has 0 fully saturated rings. The van der Waals surface area contributed by atoms with Crippen LogP contribution in [0.5, 0.6) is 0 Å². The summed E-state index contributed by atoms with van der Waals surface area (Å²) >= 11 is 3.26. The van der Waals surface area contributed by atoms with Gasteiger partial charge in [0.25, 0.3) is 5.91 Å². The van der Waals surface area contributed by atoms with E-state index in [1.165, 1.54) is 12.4 Å². The number of anilines is 2. The normalized spacial score (nSPS) is 10.2. The Hall–Kier alpha value is -2.09. The van der Waals surface area contributed by atoms with Crippen molar-refractivity contribution in [1.29, 1.82) is 0 Å². The van der Waals surface area contributed by atoms with Gasteiger partial charge in [-0.25, -0.2) is 15.0 Å². The molecule has 0 unspecified atom stereocenters. The number of nitrogens with one attached hydrogen (secondary N) is 1. The number of aromatic nitrogens is 4. The summed E-state index contributed by atoms with van der Waals surface area (Å²) in [5.41, 5.74) is 1.02. The summed E-state index contributed by atoms with van der Waals surface area (Å²) in [5.74, 6) is 0.450.